The van der Waals surface area contributed by atoms with Crippen LogP contribution in [0, 0.1) is 11.3 Å². The number of aromatic nitrogens is 1. The molecule has 3 nitrogen and oxygen atoms in total. The van der Waals surface area contributed by atoms with Crippen molar-refractivity contribution in [3.8, 4) is 6.07 Å². The zero-order chi connectivity index (χ0) is 9.84. The maximum atomic E-state index is 12.1. The van der Waals surface area contributed by atoms with Gasteiger partial charge in [0.25, 0.3) is 6.43 Å². The second-order valence-electron chi connectivity index (χ2n) is 2.23. The van der Waals surface area contributed by atoms with Crippen LogP contribution in [-0.2, 0) is 0 Å². The normalized spacial score (nSPS) is 9.69. The van der Waals surface area contributed by atoms with E-state index in [4.69, 9.17) is 5.26 Å². The van der Waals surface area contributed by atoms with Crippen LogP contribution < -0.4 is 0 Å². The van der Waals surface area contributed by atoms with Gasteiger partial charge in [-0.2, -0.15) is 5.26 Å². The smallest absolute Gasteiger partial charge is 0.265 e. The van der Waals surface area contributed by atoms with Gasteiger partial charge in [-0.15, -0.1) is 0 Å². The van der Waals surface area contributed by atoms with Gasteiger partial charge in [-0.3, -0.25) is 9.78 Å². The number of aldehydes is 1. The molecule has 0 radical (unpaired) electrons. The first-order valence-corrected chi connectivity index (χ1v) is 3.32. The number of pyridine rings is 1. The molecule has 0 atom stereocenters. The van der Waals surface area contributed by atoms with Gasteiger partial charge in [0, 0.05) is 11.8 Å². The van der Waals surface area contributed by atoms with Gasteiger partial charge >= 0.3 is 0 Å². The molecule has 1 aromatic rings. The lowest BCUT2D eigenvalue weighted by Crippen LogP contribution is -1.95. The van der Waals surface area contributed by atoms with Crippen LogP contribution >= 0.6 is 0 Å². The lowest BCUT2D eigenvalue weighted by Gasteiger charge is -1.99. The molecule has 0 amide bonds. The van der Waals surface area contributed by atoms with Crippen LogP contribution in [0.2, 0.25) is 0 Å². The molecule has 1 rings (SSSR count). The molecule has 0 aliphatic carbocycles. The molecule has 0 fully saturated rings. The molecular formula is C8H4F2N2O. The minimum Gasteiger partial charge on any atom is -0.296 e. The molecule has 0 N–H and O–H groups in total. The minimum atomic E-state index is -2.68. The van der Waals surface area contributed by atoms with Gasteiger partial charge in [-0.25, -0.2) is 8.78 Å². The van der Waals surface area contributed by atoms with Crippen molar-refractivity contribution in [1.82, 2.24) is 4.98 Å². The quantitative estimate of drug-likeness (QED) is 0.654. The number of hydrogen-bond donors (Lipinski definition) is 0. The lowest BCUT2D eigenvalue weighted by atomic mass is 10.1. The molecule has 0 saturated carbocycles. The number of nitriles is 1. The highest BCUT2D eigenvalue weighted by molar-refractivity contribution is 5.76. The molecule has 0 spiro atoms. The molecular weight excluding hydrogens is 178 g/mol. The van der Waals surface area contributed by atoms with Crippen molar-refractivity contribution in [2.24, 2.45) is 0 Å². The Morgan fingerprint density at radius 1 is 1.62 bits per heavy atom. The van der Waals surface area contributed by atoms with Crippen LogP contribution in [-0.4, -0.2) is 11.3 Å². The number of hydrogen-bond acceptors (Lipinski definition) is 3. The van der Waals surface area contributed by atoms with E-state index < -0.39 is 6.43 Å². The molecule has 0 unspecified atom stereocenters. The van der Waals surface area contributed by atoms with E-state index in [-0.39, 0.29) is 16.8 Å². The fraction of sp³-hybridized carbons (Fsp3) is 0.125. The van der Waals surface area contributed by atoms with Crippen molar-refractivity contribution in [2.45, 2.75) is 6.43 Å². The molecule has 1 aromatic heterocycles. The highest BCUT2D eigenvalue weighted by atomic mass is 19.3. The largest absolute Gasteiger partial charge is 0.296 e. The van der Waals surface area contributed by atoms with E-state index in [9.17, 15) is 13.6 Å². The summed E-state index contributed by atoms with van der Waals surface area (Å²) in [5.41, 5.74) is -0.609. The Hall–Kier alpha value is -1.83. The molecule has 66 valence electrons. The van der Waals surface area contributed by atoms with Gasteiger partial charge in [-0.05, 0) is 6.07 Å². The number of carbonyl (C=O) groups is 1. The molecule has 0 bridgehead atoms. The van der Waals surface area contributed by atoms with Crippen molar-refractivity contribution < 1.29 is 13.6 Å². The predicted molar refractivity (Wildman–Crippen MR) is 39.3 cm³/mol. The SMILES string of the molecule is N#Cc1cc(C(F)F)cnc1C=O. The van der Waals surface area contributed by atoms with Gasteiger partial charge in [-0.1, -0.05) is 0 Å². The Labute approximate surface area is 72.6 Å². The minimum absolute atomic E-state index is 0.119. The Bertz CT molecular complexity index is 371. The topological polar surface area (TPSA) is 53.8 Å². The van der Waals surface area contributed by atoms with Crippen molar-refractivity contribution >= 4 is 6.29 Å². The Balaban J connectivity index is 3.23. The van der Waals surface area contributed by atoms with E-state index in [0.29, 0.717) is 6.29 Å². The van der Waals surface area contributed by atoms with Gasteiger partial charge in [0.15, 0.2) is 6.29 Å². The van der Waals surface area contributed by atoms with E-state index in [1.165, 1.54) is 0 Å². The maximum Gasteiger partial charge on any atom is 0.265 e. The summed E-state index contributed by atoms with van der Waals surface area (Å²) in [5, 5.41) is 8.46. The van der Waals surface area contributed by atoms with E-state index in [0.717, 1.165) is 12.3 Å². The second kappa shape index (κ2) is 3.72. The Morgan fingerprint density at radius 3 is 2.77 bits per heavy atom. The number of carbonyl (C=O) groups excluding carboxylic acids is 1. The van der Waals surface area contributed by atoms with E-state index in [1.54, 1.807) is 6.07 Å². The lowest BCUT2D eigenvalue weighted by molar-refractivity contribution is 0.111. The van der Waals surface area contributed by atoms with E-state index >= 15 is 0 Å². The van der Waals surface area contributed by atoms with Crippen molar-refractivity contribution in [3.63, 3.8) is 0 Å². The average Bonchev–Trinajstić information content (AvgIpc) is 2.16. The standard InChI is InChI=1S/C8H4F2N2O/c9-8(10)6-1-5(2-11)7(4-13)12-3-6/h1,3-4,8H. The van der Waals surface area contributed by atoms with Crippen LogP contribution in [0.25, 0.3) is 0 Å². The first kappa shape index (κ1) is 9.26. The first-order valence-electron chi connectivity index (χ1n) is 3.32. The Kier molecular flexibility index (Phi) is 2.65. The summed E-state index contributed by atoms with van der Waals surface area (Å²) >= 11 is 0. The average molecular weight is 182 g/mol. The maximum absolute atomic E-state index is 12.1. The zero-order valence-corrected chi connectivity index (χ0v) is 6.37. The molecule has 5 heteroatoms. The fourth-order valence-corrected chi connectivity index (χ4v) is 0.794. The van der Waals surface area contributed by atoms with Gasteiger partial charge < -0.3 is 0 Å². The summed E-state index contributed by atoms with van der Waals surface area (Å²) in [7, 11) is 0. The van der Waals surface area contributed by atoms with Crippen LogP contribution in [0.4, 0.5) is 8.78 Å². The molecule has 13 heavy (non-hydrogen) atoms. The summed E-state index contributed by atoms with van der Waals surface area (Å²) in [6.45, 7) is 0. The first-order chi connectivity index (χ1) is 6.19. The number of alkyl halides is 2. The summed E-state index contributed by atoms with van der Waals surface area (Å²) in [4.78, 5) is 13.7. The van der Waals surface area contributed by atoms with Crippen molar-refractivity contribution in [3.05, 3.63) is 29.1 Å². The summed E-state index contributed by atoms with van der Waals surface area (Å²) in [5.74, 6) is 0. The molecule has 0 aromatic carbocycles. The summed E-state index contributed by atoms with van der Waals surface area (Å²) in [6, 6.07) is 2.57. The third-order valence-corrected chi connectivity index (χ3v) is 1.42. The van der Waals surface area contributed by atoms with E-state index in [2.05, 4.69) is 4.98 Å². The van der Waals surface area contributed by atoms with Gasteiger partial charge in [0.05, 0.1) is 5.56 Å². The number of nitrogens with zero attached hydrogens (tertiary/aromatic N) is 2. The van der Waals surface area contributed by atoms with Gasteiger partial charge in [0.1, 0.15) is 11.8 Å². The number of rotatable bonds is 2. The predicted octanol–water partition coefficient (Wildman–Crippen LogP) is 1.70. The summed E-state index contributed by atoms with van der Waals surface area (Å²) < 4.78 is 24.2. The zero-order valence-electron chi connectivity index (χ0n) is 6.37. The third-order valence-electron chi connectivity index (χ3n) is 1.42. The van der Waals surface area contributed by atoms with Crippen molar-refractivity contribution in [1.29, 1.82) is 5.26 Å². The van der Waals surface area contributed by atoms with Crippen LogP contribution in [0.1, 0.15) is 28.0 Å². The summed E-state index contributed by atoms with van der Waals surface area (Å²) in [6.07, 6.45) is -1.44. The van der Waals surface area contributed by atoms with Crippen molar-refractivity contribution in [2.75, 3.05) is 0 Å². The molecule has 0 aliphatic rings. The van der Waals surface area contributed by atoms with Crippen LogP contribution in [0.3, 0.4) is 0 Å². The van der Waals surface area contributed by atoms with Crippen LogP contribution in [0.15, 0.2) is 12.3 Å². The second-order valence-corrected chi connectivity index (χ2v) is 2.23. The molecule has 1 heterocycles. The Morgan fingerprint density at radius 2 is 2.31 bits per heavy atom. The molecule has 0 saturated heterocycles. The highest BCUT2D eigenvalue weighted by Gasteiger charge is 2.10. The highest BCUT2D eigenvalue weighted by Crippen LogP contribution is 2.19. The molecule has 0 aliphatic heterocycles. The van der Waals surface area contributed by atoms with E-state index in [1.807, 2.05) is 0 Å². The fourth-order valence-electron chi connectivity index (χ4n) is 0.794. The number of halogens is 2. The third kappa shape index (κ3) is 1.85. The van der Waals surface area contributed by atoms with Crippen LogP contribution in [0.5, 0.6) is 0 Å². The monoisotopic (exact) mass is 182 g/mol. The van der Waals surface area contributed by atoms with Gasteiger partial charge in [0.2, 0.25) is 0 Å².